The van der Waals surface area contributed by atoms with Crippen molar-refractivity contribution in [3.8, 4) is 0 Å². The van der Waals surface area contributed by atoms with Crippen molar-refractivity contribution in [1.82, 2.24) is 74.8 Å². The predicted octanol–water partition coefficient (Wildman–Crippen LogP) is 10.6. The maximum absolute atomic E-state index is 6.09. The summed E-state index contributed by atoms with van der Waals surface area (Å²) in [5.41, 5.74) is 48.2. The molecule has 5 aromatic heterocycles. The molecule has 482 valence electrons. The molecule has 0 unspecified atom stereocenters. The number of para-hydroxylation sites is 2. The Morgan fingerprint density at radius 2 is 0.609 bits per heavy atom. The van der Waals surface area contributed by atoms with E-state index in [-0.39, 0.29) is 65.6 Å². The average Bonchev–Trinajstić information content (AvgIpc) is 1.82. The molecule has 0 radical (unpaired) electrons. The average molecular weight is 1390 g/mol. The Kier molecular flexibility index (Phi) is 27.5. The Morgan fingerprint density at radius 1 is 0.304 bits per heavy atom. The van der Waals surface area contributed by atoms with Crippen LogP contribution in [0.5, 0.6) is 0 Å². The van der Waals surface area contributed by atoms with Gasteiger partial charge in [-0.1, -0.05) is 142 Å². The topological polar surface area (TPSA) is 486 Å². The van der Waals surface area contributed by atoms with E-state index < -0.39 is 0 Å². The number of benzene rings is 5. The first-order valence-corrected chi connectivity index (χ1v) is 29.7. The Labute approximate surface area is 563 Å². The van der Waals surface area contributed by atoms with Crippen molar-refractivity contribution in [3.05, 3.63) is 161 Å². The Morgan fingerprint density at radius 3 is 1.00 bits per heavy atom. The zero-order valence-electron chi connectivity index (χ0n) is 49.3. The molecule has 0 fully saturated rings. The van der Waals surface area contributed by atoms with Crippen molar-refractivity contribution in [2.45, 2.75) is 59.3 Å². The van der Waals surface area contributed by atoms with Crippen LogP contribution in [-0.2, 0) is 19.5 Å². The summed E-state index contributed by atoms with van der Waals surface area (Å²) in [4.78, 5) is 59.0. The number of hydrogen-bond donors (Lipinski definition) is 15. The van der Waals surface area contributed by atoms with Gasteiger partial charge in [-0.25, -0.2) is 0 Å². The van der Waals surface area contributed by atoms with E-state index in [1.165, 1.54) is 0 Å². The van der Waals surface area contributed by atoms with Gasteiger partial charge >= 0.3 is 0 Å². The van der Waals surface area contributed by atoms with E-state index in [1.54, 1.807) is 30.3 Å². The van der Waals surface area contributed by atoms with Crippen LogP contribution >= 0.6 is 81.2 Å². The third-order valence-electron chi connectivity index (χ3n) is 10.9. The molecule has 5 aromatic carbocycles. The van der Waals surface area contributed by atoms with E-state index in [0.29, 0.717) is 108 Å². The van der Waals surface area contributed by atoms with Crippen LogP contribution in [0.2, 0.25) is 35.2 Å². The summed E-state index contributed by atoms with van der Waals surface area (Å²) >= 11 is 42.0. The highest BCUT2D eigenvalue weighted by molar-refractivity contribution is 6.43. The fraction of sp³-hybridized carbons (Fsp3) is 0.182. The molecule has 10 rings (SSSR count). The second-order valence-electron chi connectivity index (χ2n) is 19.0. The van der Waals surface area contributed by atoms with Crippen LogP contribution in [-0.4, -0.2) is 93.4 Å². The minimum atomic E-state index is 0.0575. The number of anilines is 17. The molecule has 0 saturated carbocycles. The maximum Gasteiger partial charge on any atom is 0.233 e. The standard InChI is InChI=1S/C13H17ClN6.C12H15ClN6.C11H11Cl3N6.C10H11ClN6.C9H9ClN6/c1-8(2)17-13-19-11(15)18-12(20-13)16-7-9-5-3-4-6-10(9)14;1-7(2)15-11-17-10(14)18-12(19-11)16-9-6-4-3-5-8(9)13;12-6-4-8(14)7(13)3-5(6)1-2-17-11-19-9(15)18-10(16)20-11;11-7-4-2-1-3-6(7)5-14-10-16-8(12)15-9(13)17-10;10-5-3-1-2-4-6(5)13-9-15-7(11)14-8(12)16-9/h3-6,8H,7H2,1-2H3,(H4,15,16,17,18,19,20);3-7H,1-2H3,(H4,14,15,16,17,18,19);3-4H,1-2H2,(H5,15,16,17,18,19,20);1-4H,5H2,(H5,12,13,14,15,16,17);1-4H,(H5,11,12,13,14,15,16). The van der Waals surface area contributed by atoms with Crippen LogP contribution in [0, 0.1) is 0 Å². The number of halogens is 7. The highest BCUT2D eigenvalue weighted by atomic mass is 35.5. The molecule has 0 atom stereocenters. The summed E-state index contributed by atoms with van der Waals surface area (Å²) in [5.74, 6) is 3.27. The minimum absolute atomic E-state index is 0.0575. The second-order valence-corrected chi connectivity index (χ2v) is 21.9. The van der Waals surface area contributed by atoms with Gasteiger partial charge in [-0.15, -0.1) is 0 Å². The van der Waals surface area contributed by atoms with Gasteiger partial charge in [-0.2, -0.15) is 74.8 Å². The molecule has 0 aliphatic heterocycles. The van der Waals surface area contributed by atoms with Gasteiger partial charge in [0, 0.05) is 46.8 Å². The Bertz CT molecular complexity index is 3960. The monoisotopic (exact) mass is 1390 g/mol. The number of rotatable bonds is 18. The van der Waals surface area contributed by atoms with Gasteiger partial charge in [0.15, 0.2) is 0 Å². The summed E-state index contributed by atoms with van der Waals surface area (Å²) in [6.07, 6.45) is 0.612. The summed E-state index contributed by atoms with van der Waals surface area (Å²) in [6, 6.07) is 33.4. The molecule has 0 spiro atoms. The molecule has 92 heavy (non-hydrogen) atoms. The predicted molar refractivity (Wildman–Crippen MR) is 373 cm³/mol. The first-order chi connectivity index (χ1) is 43.8. The zero-order chi connectivity index (χ0) is 66.9. The van der Waals surface area contributed by atoms with Gasteiger partial charge in [-0.3, -0.25) is 0 Å². The van der Waals surface area contributed by atoms with E-state index in [4.69, 9.17) is 127 Å². The third kappa shape index (κ3) is 24.9. The van der Waals surface area contributed by atoms with E-state index in [0.717, 1.165) is 16.7 Å². The first-order valence-electron chi connectivity index (χ1n) is 27.1. The van der Waals surface area contributed by atoms with E-state index in [2.05, 4.69) is 112 Å². The van der Waals surface area contributed by atoms with Gasteiger partial charge in [0.25, 0.3) is 0 Å². The molecule has 5 heterocycles. The van der Waals surface area contributed by atoms with Crippen LogP contribution < -0.4 is 83.1 Å². The number of nitrogen functional groups attached to an aromatic ring is 8. The van der Waals surface area contributed by atoms with Crippen molar-refractivity contribution in [3.63, 3.8) is 0 Å². The summed E-state index contributed by atoms with van der Waals surface area (Å²) in [5, 5.41) is 25.1. The van der Waals surface area contributed by atoms with Crippen molar-refractivity contribution >= 4 is 182 Å². The smallest absolute Gasteiger partial charge is 0.233 e. The molecule has 23 N–H and O–H groups in total. The fourth-order valence-corrected chi connectivity index (χ4v) is 8.50. The molecule has 0 amide bonds. The molecule has 30 nitrogen and oxygen atoms in total. The van der Waals surface area contributed by atoms with Gasteiger partial charge in [0.2, 0.25) is 89.2 Å². The highest BCUT2D eigenvalue weighted by Crippen LogP contribution is 2.30. The molecule has 0 aliphatic rings. The van der Waals surface area contributed by atoms with Crippen molar-refractivity contribution in [2.75, 3.05) is 89.6 Å². The molecule has 37 heteroatoms. The Hall–Kier alpha value is -9.82. The van der Waals surface area contributed by atoms with Crippen molar-refractivity contribution < 1.29 is 0 Å². The number of nitrogens with two attached hydrogens (primary N) is 8. The van der Waals surface area contributed by atoms with Gasteiger partial charge < -0.3 is 83.1 Å². The maximum atomic E-state index is 6.09. The van der Waals surface area contributed by atoms with Crippen LogP contribution in [0.25, 0.3) is 0 Å². The normalized spacial score (nSPS) is 10.4. The van der Waals surface area contributed by atoms with Crippen molar-refractivity contribution in [1.29, 1.82) is 0 Å². The molecule has 10 aromatic rings. The lowest BCUT2D eigenvalue weighted by molar-refractivity contribution is 0.867. The summed E-state index contributed by atoms with van der Waals surface area (Å²) in [7, 11) is 0. The summed E-state index contributed by atoms with van der Waals surface area (Å²) < 4.78 is 0. The second kappa shape index (κ2) is 35.5. The number of nitrogens with zero attached hydrogens (tertiary/aromatic N) is 15. The van der Waals surface area contributed by atoms with E-state index in [9.17, 15) is 0 Å². The Balaban J connectivity index is 0.000000183. The molecular formula is C55H63Cl7N30. The fourth-order valence-electron chi connectivity index (χ4n) is 7.07. The molecule has 0 saturated heterocycles. The lowest BCUT2D eigenvalue weighted by Gasteiger charge is -2.11. The van der Waals surface area contributed by atoms with Crippen molar-refractivity contribution in [2.24, 2.45) is 0 Å². The van der Waals surface area contributed by atoms with Gasteiger partial charge in [0.05, 0.1) is 31.5 Å². The van der Waals surface area contributed by atoms with Crippen LogP contribution in [0.15, 0.2) is 109 Å². The van der Waals surface area contributed by atoms with Gasteiger partial charge in [-0.05, 0) is 99.3 Å². The van der Waals surface area contributed by atoms with Crippen LogP contribution in [0.1, 0.15) is 44.4 Å². The number of nitrogens with one attached hydrogen (secondary N) is 7. The number of aromatic nitrogens is 15. The highest BCUT2D eigenvalue weighted by Gasteiger charge is 2.12. The largest absolute Gasteiger partial charge is 0.368 e. The molecule has 0 bridgehead atoms. The van der Waals surface area contributed by atoms with E-state index >= 15 is 0 Å². The third-order valence-corrected chi connectivity index (χ3v) is 13.4. The first kappa shape index (κ1) is 71.3. The lowest BCUT2D eigenvalue weighted by atomic mass is 10.1. The van der Waals surface area contributed by atoms with Crippen LogP contribution in [0.3, 0.4) is 0 Å². The van der Waals surface area contributed by atoms with Gasteiger partial charge in [0.1, 0.15) is 0 Å². The number of hydrogen-bond acceptors (Lipinski definition) is 30. The molecule has 0 aliphatic carbocycles. The molecular weight excluding hydrogens is 1330 g/mol. The minimum Gasteiger partial charge on any atom is -0.368 e. The summed E-state index contributed by atoms with van der Waals surface area (Å²) in [6.45, 7) is 9.50. The SMILES string of the molecule is CC(C)Nc1nc(N)nc(NCc2ccccc2Cl)n1.CC(C)Nc1nc(N)nc(Nc2ccccc2Cl)n1.Nc1nc(N)nc(NCCc2cc(Cl)c(Cl)cc2Cl)n1.Nc1nc(N)nc(NCc2ccccc2Cl)n1.Nc1nc(N)nc(Nc2ccccc2Cl)n1. The quantitative estimate of drug-likeness (QED) is 0.0355. The van der Waals surface area contributed by atoms with Crippen LogP contribution in [0.4, 0.5) is 101 Å². The lowest BCUT2D eigenvalue weighted by Crippen LogP contribution is -2.15. The van der Waals surface area contributed by atoms with E-state index in [1.807, 2.05) is 107 Å². The zero-order valence-corrected chi connectivity index (χ0v) is 54.6.